The smallest absolute Gasteiger partial charge is 0.300 e. The molecule has 0 bridgehead atoms. The van der Waals surface area contributed by atoms with Crippen LogP contribution in [0.3, 0.4) is 0 Å². The number of fused-ring (bicyclic) bond motifs is 1. The van der Waals surface area contributed by atoms with Crippen LogP contribution in [-0.4, -0.2) is 29.4 Å². The Bertz CT molecular complexity index is 344. The van der Waals surface area contributed by atoms with Crippen LogP contribution in [0.2, 0.25) is 0 Å². The highest BCUT2D eigenvalue weighted by Gasteiger charge is 2.10. The van der Waals surface area contributed by atoms with Crippen molar-refractivity contribution in [2.75, 3.05) is 13.2 Å². The molecule has 1 aliphatic rings. The molecule has 2 N–H and O–H groups in total. The summed E-state index contributed by atoms with van der Waals surface area (Å²) in [6, 6.07) is 4.83. The number of phenolic OH excluding ortho intramolecular Hbond substituents is 1. The van der Waals surface area contributed by atoms with Gasteiger partial charge in [-0.2, -0.15) is 0 Å². The number of ether oxygens (including phenoxy) is 2. The molecule has 0 unspecified atom stereocenters. The quantitative estimate of drug-likeness (QED) is 0.677. The minimum Gasteiger partial charge on any atom is -0.508 e. The monoisotopic (exact) mass is 212 g/mol. The van der Waals surface area contributed by atoms with E-state index < -0.39 is 5.97 Å². The van der Waals surface area contributed by atoms with Crippen molar-refractivity contribution in [2.24, 2.45) is 0 Å². The average molecular weight is 212 g/mol. The molecule has 0 fully saturated rings. The van der Waals surface area contributed by atoms with Gasteiger partial charge in [-0.05, 0) is 12.1 Å². The van der Waals surface area contributed by atoms with E-state index in [1.165, 1.54) is 0 Å². The number of carboxylic acid groups (broad SMARTS) is 1. The second-order valence-electron chi connectivity index (χ2n) is 2.85. The van der Waals surface area contributed by atoms with Crippen LogP contribution < -0.4 is 9.47 Å². The average Bonchev–Trinajstić information content (AvgIpc) is 2.16. The second kappa shape index (κ2) is 5.09. The molecule has 1 aliphatic heterocycles. The molecule has 0 saturated heterocycles. The largest absolute Gasteiger partial charge is 0.508 e. The molecule has 5 nitrogen and oxygen atoms in total. The van der Waals surface area contributed by atoms with Crippen LogP contribution in [0.4, 0.5) is 0 Å². The maximum atomic E-state index is 9.05. The van der Waals surface area contributed by atoms with Gasteiger partial charge in [0.15, 0.2) is 11.5 Å². The van der Waals surface area contributed by atoms with Gasteiger partial charge in [-0.3, -0.25) is 4.79 Å². The van der Waals surface area contributed by atoms with Crippen molar-refractivity contribution in [2.45, 2.75) is 6.92 Å². The second-order valence-corrected chi connectivity index (χ2v) is 2.85. The molecule has 0 aromatic heterocycles. The van der Waals surface area contributed by atoms with Gasteiger partial charge in [-0.15, -0.1) is 0 Å². The third kappa shape index (κ3) is 3.76. The highest BCUT2D eigenvalue weighted by Crippen LogP contribution is 2.32. The molecule has 0 saturated carbocycles. The Kier molecular flexibility index (Phi) is 3.79. The SMILES string of the molecule is CC(=O)O.Oc1ccc2c(c1)OCCO2. The van der Waals surface area contributed by atoms with E-state index in [1.54, 1.807) is 18.2 Å². The Morgan fingerprint density at radius 2 is 1.80 bits per heavy atom. The molecule has 15 heavy (non-hydrogen) atoms. The summed E-state index contributed by atoms with van der Waals surface area (Å²) in [6.45, 7) is 2.22. The molecular weight excluding hydrogens is 200 g/mol. The van der Waals surface area contributed by atoms with Gasteiger partial charge in [-0.25, -0.2) is 0 Å². The first-order chi connectivity index (χ1) is 7.09. The normalized spacial score (nSPS) is 12.3. The number of carboxylic acids is 1. The fourth-order valence-electron chi connectivity index (χ4n) is 1.03. The number of hydrogen-bond acceptors (Lipinski definition) is 4. The first-order valence-corrected chi connectivity index (χ1v) is 4.37. The van der Waals surface area contributed by atoms with Crippen molar-refractivity contribution in [3.8, 4) is 17.2 Å². The summed E-state index contributed by atoms with van der Waals surface area (Å²) in [7, 11) is 0. The highest BCUT2D eigenvalue weighted by molar-refractivity contribution is 5.62. The van der Waals surface area contributed by atoms with E-state index in [0.29, 0.717) is 24.7 Å². The van der Waals surface area contributed by atoms with Gasteiger partial charge in [0.25, 0.3) is 5.97 Å². The van der Waals surface area contributed by atoms with Crippen molar-refractivity contribution >= 4 is 5.97 Å². The van der Waals surface area contributed by atoms with Crippen molar-refractivity contribution in [3.63, 3.8) is 0 Å². The summed E-state index contributed by atoms with van der Waals surface area (Å²) in [6.07, 6.45) is 0. The van der Waals surface area contributed by atoms with Crippen LogP contribution >= 0.6 is 0 Å². The van der Waals surface area contributed by atoms with Gasteiger partial charge in [0, 0.05) is 13.0 Å². The summed E-state index contributed by atoms with van der Waals surface area (Å²) in [5, 5.41) is 16.5. The lowest BCUT2D eigenvalue weighted by molar-refractivity contribution is -0.134. The molecule has 82 valence electrons. The Morgan fingerprint density at radius 1 is 1.27 bits per heavy atom. The number of aromatic hydroxyl groups is 1. The number of phenols is 1. The van der Waals surface area contributed by atoms with Crippen LogP contribution in [0, 0.1) is 0 Å². The standard InChI is InChI=1S/C8H8O3.C2H4O2/c9-6-1-2-7-8(5-6)11-4-3-10-7;1-2(3)4/h1-2,5,9H,3-4H2;1H3,(H,3,4). The van der Waals surface area contributed by atoms with E-state index in [0.717, 1.165) is 6.92 Å². The van der Waals surface area contributed by atoms with E-state index in [2.05, 4.69) is 0 Å². The minimum absolute atomic E-state index is 0.203. The molecule has 2 rings (SSSR count). The summed E-state index contributed by atoms with van der Waals surface area (Å²) >= 11 is 0. The van der Waals surface area contributed by atoms with Gasteiger partial charge < -0.3 is 19.7 Å². The van der Waals surface area contributed by atoms with E-state index in [1.807, 2.05) is 0 Å². The van der Waals surface area contributed by atoms with E-state index in [4.69, 9.17) is 24.5 Å². The molecule has 0 amide bonds. The van der Waals surface area contributed by atoms with Crippen LogP contribution in [0.5, 0.6) is 17.2 Å². The zero-order valence-electron chi connectivity index (χ0n) is 8.27. The Morgan fingerprint density at radius 3 is 2.40 bits per heavy atom. The van der Waals surface area contributed by atoms with Crippen LogP contribution in [-0.2, 0) is 4.79 Å². The molecule has 1 heterocycles. The van der Waals surface area contributed by atoms with E-state index in [9.17, 15) is 0 Å². The fourth-order valence-corrected chi connectivity index (χ4v) is 1.03. The lowest BCUT2D eigenvalue weighted by Crippen LogP contribution is -2.14. The van der Waals surface area contributed by atoms with Crippen LogP contribution in [0.15, 0.2) is 18.2 Å². The molecule has 1 aromatic rings. The number of benzene rings is 1. The number of hydrogen-bond donors (Lipinski definition) is 2. The van der Waals surface area contributed by atoms with Gasteiger partial charge in [-0.1, -0.05) is 0 Å². The van der Waals surface area contributed by atoms with Crippen molar-refractivity contribution < 1.29 is 24.5 Å². The van der Waals surface area contributed by atoms with Crippen molar-refractivity contribution in [1.29, 1.82) is 0 Å². The van der Waals surface area contributed by atoms with Gasteiger partial charge in [0.2, 0.25) is 0 Å². The van der Waals surface area contributed by atoms with Crippen molar-refractivity contribution in [1.82, 2.24) is 0 Å². The minimum atomic E-state index is -0.833. The third-order valence-electron chi connectivity index (χ3n) is 1.53. The lowest BCUT2D eigenvalue weighted by Gasteiger charge is -2.17. The van der Waals surface area contributed by atoms with Gasteiger partial charge in [0.05, 0.1) is 0 Å². The number of aliphatic carboxylic acids is 1. The van der Waals surface area contributed by atoms with E-state index >= 15 is 0 Å². The predicted molar refractivity (Wildman–Crippen MR) is 52.4 cm³/mol. The van der Waals surface area contributed by atoms with Crippen molar-refractivity contribution in [3.05, 3.63) is 18.2 Å². The van der Waals surface area contributed by atoms with E-state index in [-0.39, 0.29) is 5.75 Å². The maximum Gasteiger partial charge on any atom is 0.300 e. The summed E-state index contributed by atoms with van der Waals surface area (Å²) in [5.41, 5.74) is 0. The zero-order chi connectivity index (χ0) is 11.3. The molecule has 0 radical (unpaired) electrons. The molecule has 0 spiro atoms. The Labute approximate surface area is 86.9 Å². The number of rotatable bonds is 0. The zero-order valence-corrected chi connectivity index (χ0v) is 8.27. The third-order valence-corrected chi connectivity index (χ3v) is 1.53. The topological polar surface area (TPSA) is 76.0 Å². The molecular formula is C10H12O5. The number of carbonyl (C=O) groups is 1. The maximum absolute atomic E-state index is 9.05. The highest BCUT2D eigenvalue weighted by atomic mass is 16.6. The molecule has 1 aromatic carbocycles. The summed E-state index contributed by atoms with van der Waals surface area (Å²) in [4.78, 5) is 9.00. The first kappa shape index (κ1) is 11.2. The summed E-state index contributed by atoms with van der Waals surface area (Å²) < 4.78 is 10.5. The molecule has 0 aliphatic carbocycles. The lowest BCUT2D eigenvalue weighted by atomic mass is 10.3. The molecule has 0 atom stereocenters. The summed E-state index contributed by atoms with van der Waals surface area (Å²) in [5.74, 6) is 0.694. The van der Waals surface area contributed by atoms with Gasteiger partial charge in [0.1, 0.15) is 19.0 Å². The fraction of sp³-hybridized carbons (Fsp3) is 0.300. The molecule has 5 heteroatoms. The Balaban J connectivity index is 0.000000245. The van der Waals surface area contributed by atoms with Crippen LogP contribution in [0.1, 0.15) is 6.92 Å². The first-order valence-electron chi connectivity index (χ1n) is 4.37. The van der Waals surface area contributed by atoms with Gasteiger partial charge >= 0.3 is 0 Å². The predicted octanol–water partition coefficient (Wildman–Crippen LogP) is 1.25. The Hall–Kier alpha value is -1.91. The van der Waals surface area contributed by atoms with Crippen LogP contribution in [0.25, 0.3) is 0 Å².